The largest absolute Gasteiger partial charge is 0.417 e. The minimum atomic E-state index is -4.45. The van der Waals surface area contributed by atoms with Crippen molar-refractivity contribution in [2.45, 2.75) is 59.1 Å². The van der Waals surface area contributed by atoms with Crippen LogP contribution in [0.15, 0.2) is 73.1 Å². The number of para-hydroxylation sites is 1. The molecule has 5 heteroatoms. The number of benzene rings is 3. The Kier molecular flexibility index (Phi) is 7.44. The first-order chi connectivity index (χ1) is 16.8. The van der Waals surface area contributed by atoms with Gasteiger partial charge in [0.15, 0.2) is 0 Å². The highest BCUT2D eigenvalue weighted by atomic mass is 19.4. The lowest BCUT2D eigenvalue weighted by atomic mass is 9.95. The van der Waals surface area contributed by atoms with Crippen molar-refractivity contribution in [3.05, 3.63) is 95.3 Å². The Morgan fingerprint density at radius 1 is 0.829 bits per heavy atom. The highest BCUT2D eigenvalue weighted by molar-refractivity contribution is 5.75. The summed E-state index contributed by atoms with van der Waals surface area (Å²) in [6, 6.07) is 17.9. The van der Waals surface area contributed by atoms with Crippen molar-refractivity contribution in [2.75, 3.05) is 0 Å². The summed E-state index contributed by atoms with van der Waals surface area (Å²) in [5.41, 5.74) is 5.03. The maximum absolute atomic E-state index is 14.0. The van der Waals surface area contributed by atoms with Crippen LogP contribution in [0.5, 0.6) is 0 Å². The van der Waals surface area contributed by atoms with Crippen molar-refractivity contribution < 1.29 is 13.2 Å². The average molecular weight is 477 g/mol. The molecular weight excluding hydrogens is 445 g/mol. The molecule has 0 atom stereocenters. The van der Waals surface area contributed by atoms with Gasteiger partial charge in [-0.2, -0.15) is 13.2 Å². The molecule has 0 radical (unpaired) electrons. The van der Waals surface area contributed by atoms with Gasteiger partial charge in [0.2, 0.25) is 0 Å². The molecule has 2 nitrogen and oxygen atoms in total. The van der Waals surface area contributed by atoms with E-state index in [0.29, 0.717) is 17.0 Å². The molecule has 0 aliphatic heterocycles. The molecule has 3 aromatic carbocycles. The van der Waals surface area contributed by atoms with Gasteiger partial charge in [-0.15, -0.1) is 0 Å². The normalized spacial score (nSPS) is 11.7. The average Bonchev–Trinajstić information content (AvgIpc) is 3.31. The Balaban J connectivity index is 1.74. The van der Waals surface area contributed by atoms with Crippen LogP contribution in [0.3, 0.4) is 0 Å². The number of halogens is 3. The van der Waals surface area contributed by atoms with E-state index < -0.39 is 11.7 Å². The first-order valence-electron chi connectivity index (χ1n) is 12.2. The molecule has 0 bridgehead atoms. The zero-order valence-electron chi connectivity index (χ0n) is 20.5. The Bertz CT molecular complexity index is 1260. The number of imidazole rings is 1. The second kappa shape index (κ2) is 10.5. The summed E-state index contributed by atoms with van der Waals surface area (Å²) in [7, 11) is 0. The van der Waals surface area contributed by atoms with Crippen LogP contribution in [0.2, 0.25) is 0 Å². The number of hydrogen-bond acceptors (Lipinski definition) is 1. The first kappa shape index (κ1) is 24.8. The number of aromatic nitrogens is 2. The quantitative estimate of drug-likeness (QED) is 0.232. The molecule has 0 N–H and O–H groups in total. The second-order valence-corrected chi connectivity index (χ2v) is 9.13. The summed E-state index contributed by atoms with van der Waals surface area (Å²) >= 11 is 0. The lowest BCUT2D eigenvalue weighted by molar-refractivity contribution is -0.137. The predicted octanol–water partition coefficient (Wildman–Crippen LogP) is 8.96. The molecule has 35 heavy (non-hydrogen) atoms. The van der Waals surface area contributed by atoms with E-state index in [4.69, 9.17) is 0 Å². The van der Waals surface area contributed by atoms with Gasteiger partial charge >= 0.3 is 6.18 Å². The molecule has 182 valence electrons. The zero-order chi connectivity index (χ0) is 25.0. The molecular formula is C30H31F3N2. The smallest absolute Gasteiger partial charge is 0.299 e. The van der Waals surface area contributed by atoms with Crippen LogP contribution in [-0.2, 0) is 12.6 Å². The summed E-state index contributed by atoms with van der Waals surface area (Å²) in [5.74, 6) is 0.616. The minimum Gasteiger partial charge on any atom is -0.299 e. The van der Waals surface area contributed by atoms with Gasteiger partial charge in [-0.25, -0.2) is 4.98 Å². The van der Waals surface area contributed by atoms with Crippen molar-refractivity contribution >= 4 is 0 Å². The minimum absolute atomic E-state index is 0.170. The van der Waals surface area contributed by atoms with Crippen LogP contribution in [0, 0.1) is 13.8 Å². The third kappa shape index (κ3) is 5.50. The fourth-order valence-corrected chi connectivity index (χ4v) is 4.66. The predicted molar refractivity (Wildman–Crippen MR) is 137 cm³/mol. The maximum atomic E-state index is 14.0. The van der Waals surface area contributed by atoms with Gasteiger partial charge in [0, 0.05) is 18.0 Å². The van der Waals surface area contributed by atoms with E-state index in [0.717, 1.165) is 35.2 Å². The van der Waals surface area contributed by atoms with Crippen LogP contribution < -0.4 is 0 Å². The van der Waals surface area contributed by atoms with E-state index in [1.54, 1.807) is 12.3 Å². The Labute approximate surface area is 205 Å². The van der Waals surface area contributed by atoms with Gasteiger partial charge in [0.05, 0.1) is 11.3 Å². The fourth-order valence-electron chi connectivity index (χ4n) is 4.66. The molecule has 0 unspecified atom stereocenters. The number of rotatable bonds is 8. The molecule has 1 aromatic heterocycles. The number of alkyl halides is 3. The lowest BCUT2D eigenvalue weighted by Crippen LogP contribution is -2.08. The van der Waals surface area contributed by atoms with Crippen molar-refractivity contribution in [1.82, 2.24) is 9.55 Å². The third-order valence-corrected chi connectivity index (χ3v) is 6.49. The summed E-state index contributed by atoms with van der Waals surface area (Å²) in [5, 5.41) is 0. The van der Waals surface area contributed by atoms with Crippen molar-refractivity contribution in [2.24, 2.45) is 0 Å². The van der Waals surface area contributed by atoms with Gasteiger partial charge in [-0.3, -0.25) is 4.57 Å². The lowest BCUT2D eigenvalue weighted by Gasteiger charge is -2.17. The molecule has 0 aliphatic carbocycles. The summed E-state index contributed by atoms with van der Waals surface area (Å²) in [6.45, 7) is 6.22. The first-order valence-corrected chi connectivity index (χ1v) is 12.2. The maximum Gasteiger partial charge on any atom is 0.417 e. The standard InChI is InChI=1S/C30H31F3N2/c1-4-5-6-7-11-23-12-14-24(15-13-23)26-20-25(16-17-27(26)30(31,32)33)29-34-18-19-35(29)28-21(2)9-8-10-22(28)3/h8-10,12-20H,4-7,11H2,1-3H3. The van der Waals surface area contributed by atoms with Crippen LogP contribution >= 0.6 is 0 Å². The molecule has 0 saturated heterocycles. The van der Waals surface area contributed by atoms with Gasteiger partial charge in [0.25, 0.3) is 0 Å². The highest BCUT2D eigenvalue weighted by Crippen LogP contribution is 2.39. The van der Waals surface area contributed by atoms with Crippen molar-refractivity contribution in [1.29, 1.82) is 0 Å². The SMILES string of the molecule is CCCCCCc1ccc(-c2cc(-c3nccn3-c3c(C)cccc3C)ccc2C(F)(F)F)cc1. The van der Waals surface area contributed by atoms with E-state index in [9.17, 15) is 13.2 Å². The zero-order valence-corrected chi connectivity index (χ0v) is 20.5. The van der Waals surface area contributed by atoms with Gasteiger partial charge in [-0.05, 0) is 66.6 Å². The van der Waals surface area contributed by atoms with E-state index in [1.165, 1.54) is 31.4 Å². The number of aryl methyl sites for hydroxylation is 3. The van der Waals surface area contributed by atoms with Crippen LogP contribution in [-0.4, -0.2) is 9.55 Å². The van der Waals surface area contributed by atoms with Gasteiger partial charge in [0.1, 0.15) is 5.82 Å². The van der Waals surface area contributed by atoms with Crippen LogP contribution in [0.4, 0.5) is 13.2 Å². The van der Waals surface area contributed by atoms with E-state index >= 15 is 0 Å². The Hall–Kier alpha value is -3.34. The van der Waals surface area contributed by atoms with Crippen molar-refractivity contribution in [3.8, 4) is 28.2 Å². The van der Waals surface area contributed by atoms with E-state index in [1.807, 2.05) is 67.1 Å². The molecule has 0 fully saturated rings. The molecule has 4 rings (SSSR count). The molecule has 4 aromatic rings. The molecule has 0 saturated carbocycles. The third-order valence-electron chi connectivity index (χ3n) is 6.49. The van der Waals surface area contributed by atoms with E-state index in [-0.39, 0.29) is 5.56 Å². The molecule has 0 spiro atoms. The molecule has 1 heterocycles. The Morgan fingerprint density at radius 3 is 2.17 bits per heavy atom. The second-order valence-electron chi connectivity index (χ2n) is 9.13. The van der Waals surface area contributed by atoms with Crippen LogP contribution in [0.25, 0.3) is 28.2 Å². The molecule has 0 amide bonds. The summed E-state index contributed by atoms with van der Waals surface area (Å²) in [4.78, 5) is 4.52. The van der Waals surface area contributed by atoms with Crippen molar-refractivity contribution in [3.63, 3.8) is 0 Å². The highest BCUT2D eigenvalue weighted by Gasteiger charge is 2.34. The topological polar surface area (TPSA) is 17.8 Å². The summed E-state index contributed by atoms with van der Waals surface area (Å²) in [6.07, 6.45) is 4.69. The molecule has 0 aliphatic rings. The van der Waals surface area contributed by atoms with Gasteiger partial charge < -0.3 is 0 Å². The monoisotopic (exact) mass is 476 g/mol. The van der Waals surface area contributed by atoms with E-state index in [2.05, 4.69) is 11.9 Å². The summed E-state index contributed by atoms with van der Waals surface area (Å²) < 4.78 is 43.8. The van der Waals surface area contributed by atoms with Gasteiger partial charge in [-0.1, -0.05) is 74.7 Å². The number of nitrogens with zero attached hydrogens (tertiary/aromatic N) is 2. The number of hydrogen-bond donors (Lipinski definition) is 0. The fraction of sp³-hybridized carbons (Fsp3) is 0.300. The Morgan fingerprint density at radius 2 is 1.51 bits per heavy atom. The van der Waals surface area contributed by atoms with Crippen LogP contribution in [0.1, 0.15) is 54.9 Å². The number of unbranched alkanes of at least 4 members (excludes halogenated alkanes) is 3.